The number of hydrogen-bond acceptors (Lipinski definition) is 7. The van der Waals surface area contributed by atoms with Gasteiger partial charge in [-0.2, -0.15) is 5.10 Å². The molecule has 0 atom stereocenters. The van der Waals surface area contributed by atoms with Crippen molar-refractivity contribution in [3.63, 3.8) is 0 Å². The van der Waals surface area contributed by atoms with Crippen LogP contribution in [-0.2, 0) is 16.0 Å². The molecular formula is C22H26N4O5. The van der Waals surface area contributed by atoms with Gasteiger partial charge in [0.1, 0.15) is 0 Å². The first-order valence-electron chi connectivity index (χ1n) is 10.0. The predicted octanol–water partition coefficient (Wildman–Crippen LogP) is 2.56. The summed E-state index contributed by atoms with van der Waals surface area (Å²) in [6, 6.07) is 10.0. The van der Waals surface area contributed by atoms with Crippen molar-refractivity contribution >= 4 is 23.4 Å². The highest BCUT2D eigenvalue weighted by Gasteiger charge is 2.23. The molecule has 1 aliphatic heterocycles. The number of hydrogen-bond donors (Lipinski definition) is 3. The second-order valence-corrected chi connectivity index (χ2v) is 6.89. The lowest BCUT2D eigenvalue weighted by molar-refractivity contribution is -0.142. The molecule has 164 valence electrons. The summed E-state index contributed by atoms with van der Waals surface area (Å²) in [5.74, 6) is 0.710. The summed E-state index contributed by atoms with van der Waals surface area (Å²) in [5, 5.41) is 6.75. The van der Waals surface area contributed by atoms with Crippen molar-refractivity contribution in [1.82, 2.24) is 10.7 Å². The van der Waals surface area contributed by atoms with E-state index in [4.69, 9.17) is 19.9 Å². The first kappa shape index (κ1) is 21.9. The molecule has 2 aromatic carbocycles. The van der Waals surface area contributed by atoms with Gasteiger partial charge in [-0.1, -0.05) is 25.5 Å². The van der Waals surface area contributed by atoms with Crippen molar-refractivity contribution in [1.29, 1.82) is 0 Å². The smallest absolute Gasteiger partial charge is 0.334 e. The Bertz CT molecular complexity index is 973. The molecule has 0 saturated heterocycles. The zero-order valence-corrected chi connectivity index (χ0v) is 17.6. The Morgan fingerprint density at radius 1 is 1.16 bits per heavy atom. The molecular weight excluding hydrogens is 400 g/mol. The molecule has 9 heteroatoms. The van der Waals surface area contributed by atoms with Gasteiger partial charge in [-0.15, -0.1) is 0 Å². The maximum atomic E-state index is 12.4. The molecule has 2 amide bonds. The van der Waals surface area contributed by atoms with E-state index in [1.165, 1.54) is 7.05 Å². The van der Waals surface area contributed by atoms with Gasteiger partial charge in [-0.05, 0) is 36.2 Å². The molecule has 2 aromatic rings. The quantitative estimate of drug-likeness (QED) is 0.196. The number of nitrogens with two attached hydrogens (primary N) is 1. The Morgan fingerprint density at radius 3 is 2.55 bits per heavy atom. The standard InChI is InChI=1S/C22H26N4O5/c1-3-4-9-29-20(27)11-15-10-18-19(31-13-30-18)12-17(15)21(25-26-22(28)24-2)14-5-7-16(23)8-6-14/h5-8,10,12H,3-4,9,11,13,23H2,1-2H3,(H2,24,26,28)/b25-21+. The summed E-state index contributed by atoms with van der Waals surface area (Å²) in [6.07, 6.45) is 1.75. The van der Waals surface area contributed by atoms with Gasteiger partial charge < -0.3 is 25.3 Å². The van der Waals surface area contributed by atoms with Crippen LogP contribution in [0.4, 0.5) is 10.5 Å². The molecule has 0 aromatic heterocycles. The largest absolute Gasteiger partial charge is 0.465 e. The molecule has 1 aliphatic rings. The topological polar surface area (TPSA) is 124 Å². The summed E-state index contributed by atoms with van der Waals surface area (Å²) < 4.78 is 16.3. The maximum absolute atomic E-state index is 12.4. The second kappa shape index (κ2) is 10.3. The predicted molar refractivity (Wildman–Crippen MR) is 116 cm³/mol. The van der Waals surface area contributed by atoms with Crippen molar-refractivity contribution in [2.45, 2.75) is 26.2 Å². The number of ether oxygens (including phenoxy) is 3. The Morgan fingerprint density at radius 2 is 1.87 bits per heavy atom. The molecule has 0 unspecified atom stereocenters. The monoisotopic (exact) mass is 426 g/mol. The van der Waals surface area contributed by atoms with Crippen LogP contribution in [0.2, 0.25) is 0 Å². The summed E-state index contributed by atoms with van der Waals surface area (Å²) in [7, 11) is 1.49. The van der Waals surface area contributed by atoms with E-state index in [9.17, 15) is 9.59 Å². The number of nitrogens with zero attached hydrogens (tertiary/aromatic N) is 1. The van der Waals surface area contributed by atoms with Crippen molar-refractivity contribution in [3.8, 4) is 11.5 Å². The van der Waals surface area contributed by atoms with Crippen molar-refractivity contribution in [2.75, 3.05) is 26.2 Å². The Kier molecular flexibility index (Phi) is 7.31. The Hall–Kier alpha value is -3.75. The molecule has 0 fully saturated rings. The number of esters is 1. The van der Waals surface area contributed by atoms with Crippen LogP contribution >= 0.6 is 0 Å². The van der Waals surface area contributed by atoms with Crippen molar-refractivity contribution in [3.05, 3.63) is 53.1 Å². The molecule has 0 saturated carbocycles. The molecule has 4 N–H and O–H groups in total. The Balaban J connectivity index is 2.02. The highest BCUT2D eigenvalue weighted by molar-refractivity contribution is 6.14. The van der Waals surface area contributed by atoms with Gasteiger partial charge in [-0.25, -0.2) is 10.2 Å². The fraction of sp³-hybridized carbons (Fsp3) is 0.318. The van der Waals surface area contributed by atoms with Gasteiger partial charge >= 0.3 is 12.0 Å². The SMILES string of the molecule is CCCCOC(=O)Cc1cc2c(cc1/C(=N/NC(=O)NC)c1ccc(N)cc1)OCO2. The van der Waals surface area contributed by atoms with Crippen LogP contribution in [0.1, 0.15) is 36.5 Å². The molecule has 9 nitrogen and oxygen atoms in total. The number of carbonyl (C=O) groups is 2. The number of fused-ring (bicyclic) bond motifs is 1. The third kappa shape index (κ3) is 5.65. The van der Waals surface area contributed by atoms with Crippen LogP contribution in [0.25, 0.3) is 0 Å². The van der Waals surface area contributed by atoms with E-state index >= 15 is 0 Å². The van der Waals surface area contributed by atoms with Gasteiger partial charge in [0.25, 0.3) is 0 Å². The average Bonchev–Trinajstić information content (AvgIpc) is 3.22. The summed E-state index contributed by atoms with van der Waals surface area (Å²) in [5.41, 5.74) is 11.3. The molecule has 1 heterocycles. The number of hydrazone groups is 1. The lowest BCUT2D eigenvalue weighted by Crippen LogP contribution is -2.30. The molecule has 0 radical (unpaired) electrons. The van der Waals surface area contributed by atoms with Crippen LogP contribution in [0.5, 0.6) is 11.5 Å². The summed E-state index contributed by atoms with van der Waals surface area (Å²) >= 11 is 0. The summed E-state index contributed by atoms with van der Waals surface area (Å²) in [4.78, 5) is 24.2. The fourth-order valence-electron chi connectivity index (χ4n) is 2.97. The van der Waals surface area contributed by atoms with E-state index < -0.39 is 6.03 Å². The minimum absolute atomic E-state index is 0.0175. The van der Waals surface area contributed by atoms with E-state index in [0.29, 0.717) is 46.2 Å². The molecule has 0 bridgehead atoms. The number of nitrogen functional groups attached to an aromatic ring is 1. The number of benzene rings is 2. The number of unbranched alkanes of at least 4 members (excludes halogenated alkanes) is 1. The van der Waals surface area contributed by atoms with Crippen LogP contribution < -0.4 is 25.9 Å². The number of anilines is 1. The van der Waals surface area contributed by atoms with Crippen LogP contribution in [0.15, 0.2) is 41.5 Å². The average molecular weight is 426 g/mol. The fourth-order valence-corrected chi connectivity index (χ4v) is 2.97. The van der Waals surface area contributed by atoms with Crippen LogP contribution in [0.3, 0.4) is 0 Å². The first-order chi connectivity index (χ1) is 15.0. The maximum Gasteiger partial charge on any atom is 0.334 e. The van der Waals surface area contributed by atoms with Gasteiger partial charge in [0.15, 0.2) is 11.5 Å². The highest BCUT2D eigenvalue weighted by Crippen LogP contribution is 2.36. The molecule has 0 aliphatic carbocycles. The lowest BCUT2D eigenvalue weighted by Gasteiger charge is -2.14. The third-order valence-electron chi connectivity index (χ3n) is 4.63. The van der Waals surface area contributed by atoms with Crippen molar-refractivity contribution in [2.24, 2.45) is 5.10 Å². The number of rotatable bonds is 8. The van der Waals surface area contributed by atoms with Crippen molar-refractivity contribution < 1.29 is 23.8 Å². The Labute approximate surface area is 180 Å². The zero-order chi connectivity index (χ0) is 22.2. The minimum Gasteiger partial charge on any atom is -0.465 e. The van der Waals surface area contributed by atoms with E-state index in [-0.39, 0.29) is 19.2 Å². The normalized spacial score (nSPS) is 12.4. The van der Waals surface area contributed by atoms with E-state index in [1.807, 2.05) is 6.92 Å². The van der Waals surface area contributed by atoms with Gasteiger partial charge in [-0.3, -0.25) is 4.79 Å². The van der Waals surface area contributed by atoms with E-state index in [1.54, 1.807) is 36.4 Å². The summed E-state index contributed by atoms with van der Waals surface area (Å²) in [6.45, 7) is 2.48. The highest BCUT2D eigenvalue weighted by atomic mass is 16.7. The van der Waals surface area contributed by atoms with E-state index in [0.717, 1.165) is 12.8 Å². The molecule has 0 spiro atoms. The van der Waals surface area contributed by atoms with E-state index in [2.05, 4.69) is 15.8 Å². The lowest BCUT2D eigenvalue weighted by atomic mass is 9.95. The minimum atomic E-state index is -0.478. The van der Waals surface area contributed by atoms with Crippen LogP contribution in [-0.4, -0.2) is 38.2 Å². The second-order valence-electron chi connectivity index (χ2n) is 6.89. The van der Waals surface area contributed by atoms with Gasteiger partial charge in [0.2, 0.25) is 6.79 Å². The molecule has 3 rings (SSSR count). The zero-order valence-electron chi connectivity index (χ0n) is 17.6. The van der Waals surface area contributed by atoms with Gasteiger partial charge in [0, 0.05) is 23.9 Å². The number of amides is 2. The first-order valence-corrected chi connectivity index (χ1v) is 10.0. The number of urea groups is 1. The number of nitrogens with one attached hydrogen (secondary N) is 2. The number of carbonyl (C=O) groups excluding carboxylic acids is 2. The third-order valence-corrected chi connectivity index (χ3v) is 4.63. The molecule has 31 heavy (non-hydrogen) atoms. The van der Waals surface area contributed by atoms with Gasteiger partial charge in [0.05, 0.1) is 18.7 Å². The van der Waals surface area contributed by atoms with Crippen LogP contribution in [0, 0.1) is 0 Å².